The summed E-state index contributed by atoms with van der Waals surface area (Å²) >= 11 is 0. The molecule has 1 aromatic rings. The summed E-state index contributed by atoms with van der Waals surface area (Å²) in [5, 5.41) is 10.4. The van der Waals surface area contributed by atoms with Gasteiger partial charge in [-0.1, -0.05) is 31.9 Å². The van der Waals surface area contributed by atoms with Crippen molar-refractivity contribution in [1.82, 2.24) is 0 Å². The molecule has 17 heavy (non-hydrogen) atoms. The minimum atomic E-state index is -0.199. The summed E-state index contributed by atoms with van der Waals surface area (Å²) in [6.07, 6.45) is 5.20. The Balaban J connectivity index is 2.32. The van der Waals surface area contributed by atoms with Gasteiger partial charge in [0.05, 0.1) is 13.2 Å². The van der Waals surface area contributed by atoms with Crippen molar-refractivity contribution in [3.63, 3.8) is 0 Å². The Kier molecular flexibility index (Phi) is 3.72. The summed E-state index contributed by atoms with van der Waals surface area (Å²) in [5.41, 5.74) is 1.22. The van der Waals surface area contributed by atoms with E-state index in [0.717, 1.165) is 31.4 Å². The first-order chi connectivity index (χ1) is 8.23. The highest BCUT2D eigenvalue weighted by atomic mass is 16.5. The molecular weight excluding hydrogens is 212 g/mol. The molecule has 2 rings (SSSR count). The second-order valence-corrected chi connectivity index (χ2v) is 5.00. The molecule has 1 aliphatic rings. The van der Waals surface area contributed by atoms with Gasteiger partial charge in [-0.05, 0) is 37.0 Å². The van der Waals surface area contributed by atoms with Crippen LogP contribution < -0.4 is 4.74 Å². The van der Waals surface area contributed by atoms with Gasteiger partial charge >= 0.3 is 0 Å². The fourth-order valence-electron chi connectivity index (χ4n) is 3.10. The Morgan fingerprint density at radius 3 is 2.53 bits per heavy atom. The maximum Gasteiger partial charge on any atom is 0.118 e. The third-order valence-corrected chi connectivity index (χ3v) is 4.28. The van der Waals surface area contributed by atoms with Crippen LogP contribution in [0.1, 0.15) is 44.6 Å². The van der Waals surface area contributed by atoms with Gasteiger partial charge in [0.2, 0.25) is 0 Å². The van der Waals surface area contributed by atoms with Crippen molar-refractivity contribution in [3.8, 4) is 5.75 Å². The lowest BCUT2D eigenvalue weighted by atomic mass is 9.66. The second-order valence-electron chi connectivity index (χ2n) is 5.00. The Morgan fingerprint density at radius 2 is 2.00 bits per heavy atom. The van der Waals surface area contributed by atoms with E-state index in [0.29, 0.717) is 0 Å². The summed E-state index contributed by atoms with van der Waals surface area (Å²) in [4.78, 5) is 0. The number of aliphatic hydroxyl groups is 1. The van der Waals surface area contributed by atoms with Crippen LogP contribution in [0.2, 0.25) is 0 Å². The van der Waals surface area contributed by atoms with Crippen LogP contribution in [0, 0.1) is 0 Å². The number of aliphatic hydroxyl groups excluding tert-OH is 1. The van der Waals surface area contributed by atoms with Crippen LogP contribution in [0.4, 0.5) is 0 Å². The molecule has 2 heteroatoms. The molecule has 2 nitrogen and oxygen atoms in total. The summed E-state index contributed by atoms with van der Waals surface area (Å²) < 4.78 is 5.19. The SMILES string of the molecule is CCC1(c2ccc(OC)cc2)CCCCC1O. The lowest BCUT2D eigenvalue weighted by Crippen LogP contribution is -2.41. The summed E-state index contributed by atoms with van der Waals surface area (Å²) in [5.74, 6) is 0.880. The third kappa shape index (κ3) is 2.19. The zero-order valence-electron chi connectivity index (χ0n) is 10.8. The summed E-state index contributed by atoms with van der Waals surface area (Å²) in [6, 6.07) is 8.20. The van der Waals surface area contributed by atoms with Crippen LogP contribution >= 0.6 is 0 Å². The number of benzene rings is 1. The molecular formula is C15H22O2. The Morgan fingerprint density at radius 1 is 1.29 bits per heavy atom. The number of methoxy groups -OCH3 is 1. The molecule has 2 atom stereocenters. The predicted octanol–water partition coefficient (Wildman–Crippen LogP) is 3.28. The van der Waals surface area contributed by atoms with E-state index in [9.17, 15) is 5.11 Å². The molecule has 0 aromatic heterocycles. The zero-order chi connectivity index (χ0) is 12.3. The number of ether oxygens (including phenoxy) is 1. The van der Waals surface area contributed by atoms with Crippen LogP contribution in [0.25, 0.3) is 0 Å². The lowest BCUT2D eigenvalue weighted by molar-refractivity contribution is 0.0390. The van der Waals surface area contributed by atoms with Gasteiger partial charge in [0.15, 0.2) is 0 Å². The van der Waals surface area contributed by atoms with Gasteiger partial charge in [-0.2, -0.15) is 0 Å². The molecule has 1 aliphatic carbocycles. The van der Waals surface area contributed by atoms with Gasteiger partial charge in [-0.3, -0.25) is 0 Å². The smallest absolute Gasteiger partial charge is 0.118 e. The zero-order valence-corrected chi connectivity index (χ0v) is 10.8. The van der Waals surface area contributed by atoms with E-state index in [2.05, 4.69) is 19.1 Å². The number of hydrogen-bond acceptors (Lipinski definition) is 2. The average Bonchev–Trinajstić information content (AvgIpc) is 2.40. The Labute approximate surface area is 104 Å². The van der Waals surface area contributed by atoms with E-state index < -0.39 is 0 Å². The van der Waals surface area contributed by atoms with Crippen LogP contribution in [0.3, 0.4) is 0 Å². The molecule has 0 aliphatic heterocycles. The van der Waals surface area contributed by atoms with E-state index in [1.807, 2.05) is 12.1 Å². The highest BCUT2D eigenvalue weighted by Crippen LogP contribution is 2.42. The molecule has 0 radical (unpaired) electrons. The van der Waals surface area contributed by atoms with Crippen molar-refractivity contribution in [2.75, 3.05) is 7.11 Å². The van der Waals surface area contributed by atoms with Crippen molar-refractivity contribution in [2.24, 2.45) is 0 Å². The lowest BCUT2D eigenvalue weighted by Gasteiger charge is -2.41. The molecule has 0 saturated heterocycles. The van der Waals surface area contributed by atoms with E-state index in [4.69, 9.17) is 4.74 Å². The quantitative estimate of drug-likeness (QED) is 0.869. The minimum absolute atomic E-state index is 0.0372. The monoisotopic (exact) mass is 234 g/mol. The molecule has 0 bridgehead atoms. The topological polar surface area (TPSA) is 29.5 Å². The number of rotatable bonds is 3. The van der Waals surface area contributed by atoms with Crippen molar-refractivity contribution in [1.29, 1.82) is 0 Å². The molecule has 1 fully saturated rings. The Bertz CT molecular complexity index is 358. The highest BCUT2D eigenvalue weighted by molar-refractivity contribution is 5.33. The van der Waals surface area contributed by atoms with E-state index >= 15 is 0 Å². The normalized spacial score (nSPS) is 29.0. The van der Waals surface area contributed by atoms with Gasteiger partial charge in [0.1, 0.15) is 5.75 Å². The minimum Gasteiger partial charge on any atom is -0.497 e. The highest BCUT2D eigenvalue weighted by Gasteiger charge is 2.39. The number of hydrogen-bond donors (Lipinski definition) is 1. The standard InChI is InChI=1S/C15H22O2/c1-3-15(11-5-4-6-14(15)16)12-7-9-13(17-2)10-8-12/h7-10,14,16H,3-6,11H2,1-2H3. The van der Waals surface area contributed by atoms with E-state index in [1.54, 1.807) is 7.11 Å². The van der Waals surface area contributed by atoms with E-state index in [1.165, 1.54) is 12.0 Å². The fourth-order valence-corrected chi connectivity index (χ4v) is 3.10. The Hall–Kier alpha value is -1.02. The molecule has 94 valence electrons. The van der Waals surface area contributed by atoms with Crippen molar-refractivity contribution < 1.29 is 9.84 Å². The van der Waals surface area contributed by atoms with Gasteiger partial charge in [-0.25, -0.2) is 0 Å². The largest absolute Gasteiger partial charge is 0.497 e. The third-order valence-electron chi connectivity index (χ3n) is 4.28. The maximum absolute atomic E-state index is 10.4. The average molecular weight is 234 g/mol. The van der Waals surface area contributed by atoms with E-state index in [-0.39, 0.29) is 11.5 Å². The first-order valence-electron chi connectivity index (χ1n) is 6.55. The van der Waals surface area contributed by atoms with Gasteiger partial charge < -0.3 is 9.84 Å². The summed E-state index contributed by atoms with van der Waals surface area (Å²) in [6.45, 7) is 2.18. The fraction of sp³-hybridized carbons (Fsp3) is 0.600. The molecule has 0 heterocycles. The molecule has 0 amide bonds. The van der Waals surface area contributed by atoms with Crippen molar-refractivity contribution in [3.05, 3.63) is 29.8 Å². The van der Waals surface area contributed by atoms with Gasteiger partial charge in [0, 0.05) is 5.41 Å². The molecule has 1 saturated carbocycles. The van der Waals surface area contributed by atoms with Crippen molar-refractivity contribution >= 4 is 0 Å². The summed E-state index contributed by atoms with van der Waals surface area (Å²) in [7, 11) is 1.68. The molecule has 0 spiro atoms. The molecule has 1 N–H and O–H groups in total. The van der Waals surface area contributed by atoms with Crippen LogP contribution in [-0.2, 0) is 5.41 Å². The second kappa shape index (κ2) is 5.09. The first-order valence-corrected chi connectivity index (χ1v) is 6.55. The van der Waals surface area contributed by atoms with Crippen LogP contribution in [0.5, 0.6) is 5.75 Å². The maximum atomic E-state index is 10.4. The van der Waals surface area contributed by atoms with Crippen molar-refractivity contribution in [2.45, 2.75) is 50.5 Å². The van der Waals surface area contributed by atoms with Gasteiger partial charge in [-0.15, -0.1) is 0 Å². The van der Waals surface area contributed by atoms with Crippen LogP contribution in [-0.4, -0.2) is 18.3 Å². The predicted molar refractivity (Wildman–Crippen MR) is 69.4 cm³/mol. The van der Waals surface area contributed by atoms with Gasteiger partial charge in [0.25, 0.3) is 0 Å². The van der Waals surface area contributed by atoms with Crippen LogP contribution in [0.15, 0.2) is 24.3 Å². The first kappa shape index (κ1) is 12.4. The molecule has 1 aromatic carbocycles. The molecule has 2 unspecified atom stereocenters.